The number of hydrogen-bond acceptors (Lipinski definition) is 10. The normalized spacial score (nSPS) is 11.7. The molecule has 11 heteroatoms. The molecule has 0 aliphatic heterocycles. The minimum atomic E-state index is -0.758. The first-order valence-corrected chi connectivity index (χ1v) is 10.5. The maximum Gasteiger partial charge on any atom is 0.342 e. The molecule has 176 valence electrons. The van der Waals surface area contributed by atoms with Gasteiger partial charge in [-0.05, 0) is 35.6 Å². The number of nitrogens with two attached hydrogens (primary N) is 1. The van der Waals surface area contributed by atoms with E-state index in [1.165, 1.54) is 27.4 Å². The number of ether oxygens (including phenoxy) is 6. The summed E-state index contributed by atoms with van der Waals surface area (Å²) in [5.74, 6) is -0.311. The van der Waals surface area contributed by atoms with E-state index in [0.717, 1.165) is 6.07 Å². The van der Waals surface area contributed by atoms with Crippen LogP contribution in [0.5, 0.6) is 28.7 Å². The number of carbonyl (C=O) groups excluding carboxylic acids is 1. The van der Waals surface area contributed by atoms with E-state index in [-0.39, 0.29) is 42.8 Å². The molecule has 0 fully saturated rings. The summed E-state index contributed by atoms with van der Waals surface area (Å²) < 4.78 is 32.5. The van der Waals surface area contributed by atoms with Crippen LogP contribution >= 0.6 is 22.6 Å². The van der Waals surface area contributed by atoms with E-state index in [1.807, 2.05) is 22.6 Å². The Kier molecular flexibility index (Phi) is 9.47. The first-order valence-electron chi connectivity index (χ1n) is 9.38. The van der Waals surface area contributed by atoms with Gasteiger partial charge in [0.1, 0.15) is 23.2 Å². The fourth-order valence-corrected chi connectivity index (χ4v) is 3.38. The van der Waals surface area contributed by atoms with E-state index in [4.69, 9.17) is 34.2 Å². The quantitative estimate of drug-likeness (QED) is 0.162. The molecular weight excluding hydrogens is 537 g/mol. The third kappa shape index (κ3) is 6.20. The Morgan fingerprint density at radius 1 is 1.03 bits per heavy atom. The Bertz CT molecular complexity index is 952. The Balaban J connectivity index is 2.35. The van der Waals surface area contributed by atoms with Crippen molar-refractivity contribution in [2.24, 2.45) is 0 Å². The second-order valence-electron chi connectivity index (χ2n) is 6.65. The molecule has 0 spiro atoms. The summed E-state index contributed by atoms with van der Waals surface area (Å²) in [6.07, 6.45) is -0.526. The maximum atomic E-state index is 12.6. The van der Waals surface area contributed by atoms with Crippen LogP contribution in [0.3, 0.4) is 0 Å². The van der Waals surface area contributed by atoms with E-state index in [0.29, 0.717) is 26.4 Å². The van der Waals surface area contributed by atoms with Crippen LogP contribution < -0.4 is 19.9 Å². The Morgan fingerprint density at radius 2 is 1.69 bits per heavy atom. The average Bonchev–Trinajstić information content (AvgIpc) is 2.74. The number of phenolic OH excluding ortho intramolecular Hbond substituents is 2. The standard InChI is InChI=1S/C21H26INO9/c1-11(32-21(26)12-6-14(22)17(25)8-16(12)24)5-13-19(31-10-28-3)15(23)7-18(20(13)29-4)30-9-27-2/h6-8,11,24-25H,5,9-10,23H2,1-4H3. The highest BCUT2D eigenvalue weighted by Crippen LogP contribution is 2.43. The van der Waals surface area contributed by atoms with Crippen molar-refractivity contribution in [3.63, 3.8) is 0 Å². The number of halogens is 1. The van der Waals surface area contributed by atoms with Gasteiger partial charge in [0, 0.05) is 38.3 Å². The number of aromatic hydroxyl groups is 2. The Morgan fingerprint density at radius 3 is 2.31 bits per heavy atom. The predicted octanol–water partition coefficient (Wildman–Crippen LogP) is 3.05. The van der Waals surface area contributed by atoms with Crippen molar-refractivity contribution in [2.75, 3.05) is 40.6 Å². The van der Waals surface area contributed by atoms with Crippen LogP contribution in [0, 0.1) is 3.57 Å². The summed E-state index contributed by atoms with van der Waals surface area (Å²) in [5.41, 5.74) is 6.86. The van der Waals surface area contributed by atoms with Gasteiger partial charge in [-0.25, -0.2) is 4.79 Å². The van der Waals surface area contributed by atoms with Gasteiger partial charge in [-0.3, -0.25) is 0 Å². The van der Waals surface area contributed by atoms with E-state index in [9.17, 15) is 15.0 Å². The zero-order valence-corrected chi connectivity index (χ0v) is 20.3. The zero-order valence-electron chi connectivity index (χ0n) is 18.1. The van der Waals surface area contributed by atoms with Gasteiger partial charge in [-0.15, -0.1) is 0 Å². The number of esters is 1. The Hall–Kier alpha value is -2.64. The molecule has 32 heavy (non-hydrogen) atoms. The summed E-state index contributed by atoms with van der Waals surface area (Å²) in [6, 6.07) is 3.96. The van der Waals surface area contributed by atoms with Crippen molar-refractivity contribution in [1.82, 2.24) is 0 Å². The number of carbonyl (C=O) groups is 1. The third-order valence-electron chi connectivity index (χ3n) is 4.26. The number of nitrogen functional groups attached to an aromatic ring is 1. The summed E-state index contributed by atoms with van der Waals surface area (Å²) >= 11 is 1.84. The van der Waals surface area contributed by atoms with Crippen molar-refractivity contribution in [3.8, 4) is 28.7 Å². The fraction of sp³-hybridized carbons (Fsp3) is 0.381. The third-order valence-corrected chi connectivity index (χ3v) is 5.13. The van der Waals surface area contributed by atoms with Gasteiger partial charge in [0.25, 0.3) is 0 Å². The van der Waals surface area contributed by atoms with Crippen LogP contribution in [-0.4, -0.2) is 57.2 Å². The smallest absolute Gasteiger partial charge is 0.342 e. The second-order valence-corrected chi connectivity index (χ2v) is 7.81. The molecule has 1 atom stereocenters. The molecule has 0 aliphatic rings. The highest BCUT2D eigenvalue weighted by Gasteiger charge is 2.25. The maximum absolute atomic E-state index is 12.6. The number of hydrogen-bond donors (Lipinski definition) is 3. The van der Waals surface area contributed by atoms with Gasteiger partial charge < -0.3 is 44.4 Å². The highest BCUT2D eigenvalue weighted by atomic mass is 127. The zero-order chi connectivity index (χ0) is 23.8. The van der Waals surface area contributed by atoms with Crippen LogP contribution in [0.1, 0.15) is 22.8 Å². The fourth-order valence-electron chi connectivity index (χ4n) is 2.92. The number of methoxy groups -OCH3 is 3. The van der Waals surface area contributed by atoms with Gasteiger partial charge in [0.15, 0.2) is 30.8 Å². The molecule has 1 unspecified atom stereocenters. The number of benzene rings is 2. The lowest BCUT2D eigenvalue weighted by Gasteiger charge is -2.22. The van der Waals surface area contributed by atoms with Gasteiger partial charge >= 0.3 is 5.97 Å². The molecule has 0 radical (unpaired) electrons. The molecule has 0 saturated carbocycles. The lowest BCUT2D eigenvalue weighted by atomic mass is 10.0. The van der Waals surface area contributed by atoms with Crippen LogP contribution in [0.15, 0.2) is 18.2 Å². The summed E-state index contributed by atoms with van der Waals surface area (Å²) in [6.45, 7) is 1.57. The largest absolute Gasteiger partial charge is 0.507 e. The predicted molar refractivity (Wildman–Crippen MR) is 123 cm³/mol. The minimum Gasteiger partial charge on any atom is -0.507 e. The number of anilines is 1. The van der Waals surface area contributed by atoms with Crippen molar-refractivity contribution >= 4 is 34.2 Å². The molecular formula is C21H26INO9. The van der Waals surface area contributed by atoms with Crippen LogP contribution in [-0.2, 0) is 20.6 Å². The minimum absolute atomic E-state index is 0.0309. The molecule has 2 aromatic rings. The number of phenols is 2. The van der Waals surface area contributed by atoms with Gasteiger partial charge in [0.05, 0.1) is 16.4 Å². The van der Waals surface area contributed by atoms with E-state index < -0.39 is 12.1 Å². The van der Waals surface area contributed by atoms with E-state index in [2.05, 4.69) is 0 Å². The lowest BCUT2D eigenvalue weighted by Crippen LogP contribution is -2.19. The molecule has 0 saturated heterocycles. The monoisotopic (exact) mass is 563 g/mol. The SMILES string of the molecule is COCOc1cc(N)c(OCOC)c(CC(C)OC(=O)c2cc(I)c(O)cc2O)c1OC. The highest BCUT2D eigenvalue weighted by molar-refractivity contribution is 14.1. The molecule has 0 amide bonds. The first-order chi connectivity index (χ1) is 15.2. The molecule has 2 rings (SSSR count). The first kappa shape index (κ1) is 25.6. The molecule has 0 heterocycles. The van der Waals surface area contributed by atoms with Gasteiger partial charge in [-0.1, -0.05) is 0 Å². The van der Waals surface area contributed by atoms with Crippen LogP contribution in [0.4, 0.5) is 5.69 Å². The van der Waals surface area contributed by atoms with Crippen LogP contribution in [0.2, 0.25) is 0 Å². The molecule has 0 aliphatic carbocycles. The van der Waals surface area contributed by atoms with E-state index in [1.54, 1.807) is 13.0 Å². The average molecular weight is 563 g/mol. The van der Waals surface area contributed by atoms with Crippen LogP contribution in [0.25, 0.3) is 0 Å². The Labute approximate surface area is 199 Å². The van der Waals surface area contributed by atoms with Crippen molar-refractivity contribution in [3.05, 3.63) is 32.9 Å². The molecule has 0 aromatic heterocycles. The molecule has 0 bridgehead atoms. The summed E-state index contributed by atoms with van der Waals surface area (Å²) in [5, 5.41) is 19.7. The molecule has 4 N–H and O–H groups in total. The van der Waals surface area contributed by atoms with Crippen molar-refractivity contribution in [1.29, 1.82) is 0 Å². The molecule has 10 nitrogen and oxygen atoms in total. The van der Waals surface area contributed by atoms with Gasteiger partial charge in [0.2, 0.25) is 0 Å². The van der Waals surface area contributed by atoms with Crippen molar-refractivity contribution in [2.45, 2.75) is 19.4 Å². The summed E-state index contributed by atoms with van der Waals surface area (Å²) in [7, 11) is 4.41. The second kappa shape index (κ2) is 11.8. The lowest BCUT2D eigenvalue weighted by molar-refractivity contribution is 0.0323. The van der Waals surface area contributed by atoms with Gasteiger partial charge in [-0.2, -0.15) is 0 Å². The van der Waals surface area contributed by atoms with Crippen molar-refractivity contribution < 1.29 is 43.4 Å². The molecule has 2 aromatic carbocycles. The number of rotatable bonds is 11. The van der Waals surface area contributed by atoms with E-state index >= 15 is 0 Å². The topological polar surface area (TPSA) is 139 Å². The summed E-state index contributed by atoms with van der Waals surface area (Å²) in [4.78, 5) is 12.6.